The number of methoxy groups -OCH3 is 1. The van der Waals surface area contributed by atoms with Crippen molar-refractivity contribution in [2.45, 2.75) is 0 Å². The number of hydrogen-bond acceptors (Lipinski definition) is 7. The van der Waals surface area contributed by atoms with E-state index in [0.717, 1.165) is 21.1 Å². The Balaban J connectivity index is 2.02. The van der Waals surface area contributed by atoms with Crippen molar-refractivity contribution in [2.75, 3.05) is 7.11 Å². The van der Waals surface area contributed by atoms with Crippen molar-refractivity contribution in [2.24, 2.45) is 0 Å². The van der Waals surface area contributed by atoms with Crippen molar-refractivity contribution in [3.8, 4) is 21.1 Å². The fourth-order valence-electron chi connectivity index (χ4n) is 1.69. The largest absolute Gasteiger partial charge is 0.464 e. The van der Waals surface area contributed by atoms with E-state index >= 15 is 0 Å². The molecule has 1 aromatic carbocycles. The van der Waals surface area contributed by atoms with Crippen molar-refractivity contribution in [1.82, 2.24) is 14.6 Å². The first-order valence-corrected chi connectivity index (χ1v) is 7.37. The van der Waals surface area contributed by atoms with Crippen molar-refractivity contribution in [1.29, 1.82) is 0 Å². The van der Waals surface area contributed by atoms with Crippen LogP contribution >= 0.6 is 22.9 Å². The Bertz CT molecular complexity index is 737. The lowest BCUT2D eigenvalue weighted by atomic mass is 10.1. The fourth-order valence-corrected chi connectivity index (χ4v) is 3.25. The topological polar surface area (TPSA) is 65.0 Å². The SMILES string of the molecule is COC(=O)c1csc(-c2snnc2-c2ccccc2)n1. The van der Waals surface area contributed by atoms with Gasteiger partial charge in [0.15, 0.2) is 5.69 Å². The van der Waals surface area contributed by atoms with E-state index in [-0.39, 0.29) is 0 Å². The molecule has 0 aliphatic rings. The summed E-state index contributed by atoms with van der Waals surface area (Å²) in [6.45, 7) is 0. The number of hydrogen-bond donors (Lipinski definition) is 0. The summed E-state index contributed by atoms with van der Waals surface area (Å²) in [6, 6.07) is 9.77. The van der Waals surface area contributed by atoms with E-state index in [1.54, 1.807) is 5.38 Å². The molecule has 2 aromatic heterocycles. The number of carbonyl (C=O) groups excluding carboxylic acids is 1. The van der Waals surface area contributed by atoms with Crippen LogP contribution in [0.2, 0.25) is 0 Å². The molecule has 100 valence electrons. The Morgan fingerprint density at radius 1 is 1.25 bits per heavy atom. The monoisotopic (exact) mass is 303 g/mol. The van der Waals surface area contributed by atoms with Crippen LogP contribution in [0.5, 0.6) is 0 Å². The summed E-state index contributed by atoms with van der Waals surface area (Å²) in [6.07, 6.45) is 0. The van der Waals surface area contributed by atoms with Gasteiger partial charge in [0.25, 0.3) is 0 Å². The van der Waals surface area contributed by atoms with Crippen LogP contribution in [0.4, 0.5) is 0 Å². The highest BCUT2D eigenvalue weighted by molar-refractivity contribution is 7.18. The highest BCUT2D eigenvalue weighted by Crippen LogP contribution is 2.34. The van der Waals surface area contributed by atoms with Gasteiger partial charge in [0.2, 0.25) is 0 Å². The molecule has 3 rings (SSSR count). The normalized spacial score (nSPS) is 10.4. The van der Waals surface area contributed by atoms with Gasteiger partial charge >= 0.3 is 5.97 Å². The first-order chi connectivity index (χ1) is 9.79. The van der Waals surface area contributed by atoms with Gasteiger partial charge in [-0.25, -0.2) is 9.78 Å². The summed E-state index contributed by atoms with van der Waals surface area (Å²) in [5, 5.41) is 6.55. The van der Waals surface area contributed by atoms with Gasteiger partial charge in [-0.05, 0) is 11.5 Å². The summed E-state index contributed by atoms with van der Waals surface area (Å²) < 4.78 is 8.65. The van der Waals surface area contributed by atoms with E-state index in [0.29, 0.717) is 5.69 Å². The predicted molar refractivity (Wildman–Crippen MR) is 77.8 cm³/mol. The van der Waals surface area contributed by atoms with Gasteiger partial charge in [0, 0.05) is 10.9 Å². The molecule has 20 heavy (non-hydrogen) atoms. The van der Waals surface area contributed by atoms with Crippen molar-refractivity contribution >= 4 is 28.8 Å². The highest BCUT2D eigenvalue weighted by Gasteiger charge is 2.18. The number of esters is 1. The van der Waals surface area contributed by atoms with E-state index in [2.05, 4.69) is 19.3 Å². The van der Waals surface area contributed by atoms with Gasteiger partial charge in [-0.1, -0.05) is 34.8 Å². The average molecular weight is 303 g/mol. The molecule has 3 aromatic rings. The van der Waals surface area contributed by atoms with Crippen LogP contribution in [0.1, 0.15) is 10.5 Å². The molecule has 0 radical (unpaired) electrons. The molecule has 0 atom stereocenters. The number of thiazole rings is 1. The maximum atomic E-state index is 11.4. The molecule has 2 heterocycles. The van der Waals surface area contributed by atoms with Crippen molar-refractivity contribution < 1.29 is 9.53 Å². The third kappa shape index (κ3) is 2.33. The van der Waals surface area contributed by atoms with Crippen LogP contribution in [0.15, 0.2) is 35.7 Å². The molecule has 7 heteroatoms. The number of aromatic nitrogens is 3. The zero-order valence-electron chi connectivity index (χ0n) is 10.4. The Morgan fingerprint density at radius 3 is 2.80 bits per heavy atom. The number of ether oxygens (including phenoxy) is 1. The van der Waals surface area contributed by atoms with Gasteiger partial charge in [-0.2, -0.15) is 0 Å². The molecule has 0 aliphatic heterocycles. The molecule has 0 amide bonds. The molecule has 0 spiro atoms. The number of benzene rings is 1. The second kappa shape index (κ2) is 5.48. The van der Waals surface area contributed by atoms with Crippen LogP contribution in [-0.2, 0) is 4.74 Å². The minimum absolute atomic E-state index is 0.305. The summed E-state index contributed by atoms with van der Waals surface area (Å²) in [4.78, 5) is 16.6. The molecule has 0 N–H and O–H groups in total. The molecule has 0 fully saturated rings. The number of nitrogens with zero attached hydrogens (tertiary/aromatic N) is 3. The minimum atomic E-state index is -0.439. The van der Waals surface area contributed by atoms with Crippen molar-refractivity contribution in [3.63, 3.8) is 0 Å². The lowest BCUT2D eigenvalue weighted by Crippen LogP contribution is -2.00. The zero-order chi connectivity index (χ0) is 13.9. The van der Waals surface area contributed by atoms with E-state index in [9.17, 15) is 4.79 Å². The van der Waals surface area contributed by atoms with E-state index in [1.165, 1.54) is 30.0 Å². The zero-order valence-corrected chi connectivity index (χ0v) is 12.1. The van der Waals surface area contributed by atoms with Crippen LogP contribution in [0.25, 0.3) is 21.1 Å². The van der Waals surface area contributed by atoms with Crippen LogP contribution in [-0.4, -0.2) is 27.7 Å². The lowest BCUT2D eigenvalue weighted by molar-refractivity contribution is 0.0595. The van der Waals surface area contributed by atoms with Gasteiger partial charge in [0.05, 0.1) is 7.11 Å². The number of rotatable bonds is 3. The maximum Gasteiger partial charge on any atom is 0.357 e. The summed E-state index contributed by atoms with van der Waals surface area (Å²) in [5.74, 6) is -0.439. The highest BCUT2D eigenvalue weighted by atomic mass is 32.1. The lowest BCUT2D eigenvalue weighted by Gasteiger charge is -1.97. The first kappa shape index (κ1) is 12.9. The summed E-state index contributed by atoms with van der Waals surface area (Å²) >= 11 is 2.64. The Hall–Kier alpha value is -2.12. The molecule has 0 unspecified atom stereocenters. The van der Waals surface area contributed by atoms with Gasteiger partial charge < -0.3 is 4.74 Å². The molecular formula is C13H9N3O2S2. The first-order valence-electron chi connectivity index (χ1n) is 5.71. The molecule has 0 saturated heterocycles. The fraction of sp³-hybridized carbons (Fsp3) is 0.0769. The third-order valence-corrected chi connectivity index (χ3v) is 4.35. The van der Waals surface area contributed by atoms with E-state index < -0.39 is 5.97 Å². The van der Waals surface area contributed by atoms with Crippen LogP contribution in [0, 0.1) is 0 Å². The second-order valence-corrected chi connectivity index (χ2v) is 5.46. The predicted octanol–water partition coefficient (Wildman–Crippen LogP) is 3.12. The van der Waals surface area contributed by atoms with Crippen LogP contribution < -0.4 is 0 Å². The molecule has 5 nitrogen and oxygen atoms in total. The molecule has 0 bridgehead atoms. The Kier molecular flexibility index (Phi) is 3.53. The quantitative estimate of drug-likeness (QED) is 0.696. The molecule has 0 aliphatic carbocycles. The number of carbonyl (C=O) groups is 1. The Morgan fingerprint density at radius 2 is 2.05 bits per heavy atom. The van der Waals surface area contributed by atoms with Gasteiger partial charge in [-0.15, -0.1) is 16.4 Å². The van der Waals surface area contributed by atoms with E-state index in [1.807, 2.05) is 30.3 Å². The van der Waals surface area contributed by atoms with Crippen molar-refractivity contribution in [3.05, 3.63) is 41.4 Å². The van der Waals surface area contributed by atoms with Gasteiger partial charge in [-0.3, -0.25) is 0 Å². The van der Waals surface area contributed by atoms with E-state index in [4.69, 9.17) is 0 Å². The summed E-state index contributed by atoms with van der Waals surface area (Å²) in [5.41, 5.74) is 2.06. The third-order valence-electron chi connectivity index (χ3n) is 2.63. The Labute approximate surface area is 123 Å². The maximum absolute atomic E-state index is 11.4. The van der Waals surface area contributed by atoms with Crippen LogP contribution in [0.3, 0.4) is 0 Å². The standard InChI is InChI=1S/C13H9N3O2S2/c1-18-13(17)9-7-19-12(14-9)11-10(15-16-20-11)8-5-3-2-4-6-8/h2-7H,1H3. The second-order valence-electron chi connectivity index (χ2n) is 3.85. The smallest absolute Gasteiger partial charge is 0.357 e. The average Bonchev–Trinajstić information content (AvgIpc) is 3.15. The molecular weight excluding hydrogens is 294 g/mol. The molecule has 0 saturated carbocycles. The van der Waals surface area contributed by atoms with Gasteiger partial charge in [0.1, 0.15) is 15.6 Å². The minimum Gasteiger partial charge on any atom is -0.464 e. The summed E-state index contributed by atoms with van der Waals surface area (Å²) in [7, 11) is 1.34.